The summed E-state index contributed by atoms with van der Waals surface area (Å²) in [6.07, 6.45) is 5.17. The van der Waals surface area contributed by atoms with Gasteiger partial charge >= 0.3 is 0 Å². The van der Waals surface area contributed by atoms with Crippen LogP contribution in [0.4, 0.5) is 5.69 Å². The summed E-state index contributed by atoms with van der Waals surface area (Å²) < 4.78 is 5.78. The molecule has 4 heteroatoms. The Bertz CT molecular complexity index is 465. The van der Waals surface area contributed by atoms with Gasteiger partial charge in [-0.3, -0.25) is 4.90 Å². The molecule has 2 unspecified atom stereocenters. The first-order valence-corrected chi connectivity index (χ1v) is 8.15. The summed E-state index contributed by atoms with van der Waals surface area (Å²) in [7, 11) is 2.30. The maximum absolute atomic E-state index is 5.78. The van der Waals surface area contributed by atoms with Crippen LogP contribution in [0.1, 0.15) is 25.7 Å². The van der Waals surface area contributed by atoms with Gasteiger partial charge in [-0.25, -0.2) is 0 Å². The molecule has 1 aromatic carbocycles. The lowest BCUT2D eigenvalue weighted by Gasteiger charge is -2.25. The van der Waals surface area contributed by atoms with Crippen LogP contribution in [0.5, 0.6) is 5.75 Å². The van der Waals surface area contributed by atoms with Gasteiger partial charge in [0.25, 0.3) is 0 Å². The fourth-order valence-corrected chi connectivity index (χ4v) is 3.66. The molecule has 116 valence electrons. The molecule has 1 aromatic rings. The first-order valence-electron chi connectivity index (χ1n) is 8.15. The Morgan fingerprint density at radius 2 is 2.10 bits per heavy atom. The highest BCUT2D eigenvalue weighted by Crippen LogP contribution is 2.28. The molecule has 0 amide bonds. The quantitative estimate of drug-likeness (QED) is 0.666. The van der Waals surface area contributed by atoms with E-state index in [9.17, 15) is 0 Å². The molecule has 2 aliphatic rings. The summed E-state index contributed by atoms with van der Waals surface area (Å²) in [6.45, 7) is 4.37. The minimum absolute atomic E-state index is 0.763. The van der Waals surface area contributed by atoms with Crippen molar-refractivity contribution in [2.24, 2.45) is 0 Å². The van der Waals surface area contributed by atoms with Crippen molar-refractivity contribution in [3.8, 4) is 5.75 Å². The molecule has 0 aromatic heterocycles. The molecular weight excluding hydrogens is 262 g/mol. The van der Waals surface area contributed by atoms with Gasteiger partial charge in [0.05, 0.1) is 6.61 Å². The first-order chi connectivity index (χ1) is 10.2. The van der Waals surface area contributed by atoms with E-state index in [4.69, 9.17) is 10.5 Å². The Balaban J connectivity index is 1.40. The van der Waals surface area contributed by atoms with Crippen LogP contribution in [0, 0.1) is 0 Å². The predicted octanol–water partition coefficient (Wildman–Crippen LogP) is 2.21. The monoisotopic (exact) mass is 289 g/mol. The van der Waals surface area contributed by atoms with E-state index in [0.717, 1.165) is 43.1 Å². The molecule has 2 N–H and O–H groups in total. The highest BCUT2D eigenvalue weighted by atomic mass is 16.5. The van der Waals surface area contributed by atoms with Gasteiger partial charge in [0.1, 0.15) is 5.75 Å². The largest absolute Gasteiger partial charge is 0.493 e. The second kappa shape index (κ2) is 6.67. The van der Waals surface area contributed by atoms with Crippen LogP contribution in [-0.2, 0) is 0 Å². The summed E-state index contributed by atoms with van der Waals surface area (Å²) in [6, 6.07) is 9.27. The SMILES string of the molecule is CN1C2CCC1CN(CCCOc1cccc(N)c1)CC2. The van der Waals surface area contributed by atoms with E-state index in [1.807, 2.05) is 24.3 Å². The van der Waals surface area contributed by atoms with Crippen molar-refractivity contribution in [1.82, 2.24) is 9.80 Å². The molecule has 0 saturated carbocycles. The molecule has 0 aliphatic carbocycles. The number of hydrogen-bond acceptors (Lipinski definition) is 4. The summed E-state index contributed by atoms with van der Waals surface area (Å²) in [4.78, 5) is 5.21. The van der Waals surface area contributed by atoms with E-state index >= 15 is 0 Å². The fraction of sp³-hybridized carbons (Fsp3) is 0.647. The smallest absolute Gasteiger partial charge is 0.121 e. The zero-order valence-electron chi connectivity index (χ0n) is 13.0. The minimum atomic E-state index is 0.763. The van der Waals surface area contributed by atoms with Crippen molar-refractivity contribution in [3.05, 3.63) is 24.3 Å². The van der Waals surface area contributed by atoms with Crippen molar-refractivity contribution >= 4 is 5.69 Å². The Labute approximate surface area is 127 Å². The van der Waals surface area contributed by atoms with Crippen LogP contribution in [0.2, 0.25) is 0 Å². The van der Waals surface area contributed by atoms with E-state index < -0.39 is 0 Å². The molecule has 4 nitrogen and oxygen atoms in total. The van der Waals surface area contributed by atoms with Crippen LogP contribution < -0.4 is 10.5 Å². The molecule has 2 bridgehead atoms. The predicted molar refractivity (Wildman–Crippen MR) is 86.6 cm³/mol. The van der Waals surface area contributed by atoms with E-state index in [0.29, 0.717) is 0 Å². The lowest BCUT2D eigenvalue weighted by Crippen LogP contribution is -2.37. The maximum atomic E-state index is 5.78. The molecule has 2 heterocycles. The van der Waals surface area contributed by atoms with Gasteiger partial charge in [-0.1, -0.05) is 6.07 Å². The zero-order valence-corrected chi connectivity index (χ0v) is 13.0. The summed E-state index contributed by atoms with van der Waals surface area (Å²) in [5, 5.41) is 0. The molecule has 2 fully saturated rings. The number of ether oxygens (including phenoxy) is 1. The summed E-state index contributed by atoms with van der Waals surface area (Å²) in [5.74, 6) is 0.879. The van der Waals surface area contributed by atoms with Crippen molar-refractivity contribution in [2.75, 3.05) is 39.0 Å². The van der Waals surface area contributed by atoms with E-state index in [1.54, 1.807) is 0 Å². The number of hydrogen-bond donors (Lipinski definition) is 1. The molecule has 2 saturated heterocycles. The molecule has 2 atom stereocenters. The number of likely N-dealkylation sites (N-methyl/N-ethyl adjacent to an activating group) is 1. The maximum Gasteiger partial charge on any atom is 0.121 e. The van der Waals surface area contributed by atoms with Gasteiger partial charge in [0.15, 0.2) is 0 Å². The van der Waals surface area contributed by atoms with E-state index in [-0.39, 0.29) is 0 Å². The highest BCUT2D eigenvalue weighted by molar-refractivity contribution is 5.43. The number of rotatable bonds is 5. The van der Waals surface area contributed by atoms with Crippen LogP contribution in [0.15, 0.2) is 24.3 Å². The second-order valence-electron chi connectivity index (χ2n) is 6.41. The van der Waals surface area contributed by atoms with Gasteiger partial charge in [-0.05, 0) is 51.4 Å². The van der Waals surface area contributed by atoms with Gasteiger partial charge in [0.2, 0.25) is 0 Å². The molecule has 2 aliphatic heterocycles. The molecular formula is C17H27N3O. The van der Waals surface area contributed by atoms with Gasteiger partial charge < -0.3 is 15.4 Å². The van der Waals surface area contributed by atoms with Gasteiger partial charge in [-0.2, -0.15) is 0 Å². The van der Waals surface area contributed by atoms with Crippen LogP contribution in [-0.4, -0.2) is 55.2 Å². The van der Waals surface area contributed by atoms with Gasteiger partial charge in [-0.15, -0.1) is 0 Å². The lowest BCUT2D eigenvalue weighted by molar-refractivity contribution is 0.204. The van der Waals surface area contributed by atoms with Crippen LogP contribution in [0.3, 0.4) is 0 Å². The standard InChI is InChI=1S/C17H27N3O/c1-19-15-6-7-16(19)13-20(10-8-15)9-3-11-21-17-5-2-4-14(18)12-17/h2,4-5,12,15-16H,3,6-11,13,18H2,1H3. The summed E-state index contributed by atoms with van der Waals surface area (Å²) >= 11 is 0. The third kappa shape index (κ3) is 3.69. The number of fused-ring (bicyclic) bond motifs is 2. The third-order valence-corrected chi connectivity index (χ3v) is 4.98. The Hall–Kier alpha value is -1.26. The normalized spacial score (nSPS) is 26.7. The number of benzene rings is 1. The Kier molecular flexibility index (Phi) is 4.66. The topological polar surface area (TPSA) is 41.7 Å². The minimum Gasteiger partial charge on any atom is -0.493 e. The van der Waals surface area contributed by atoms with Gasteiger partial charge in [0, 0.05) is 36.9 Å². The fourth-order valence-electron chi connectivity index (χ4n) is 3.66. The number of nitrogens with two attached hydrogens (primary N) is 1. The van der Waals surface area contributed by atoms with Crippen LogP contribution >= 0.6 is 0 Å². The van der Waals surface area contributed by atoms with Crippen molar-refractivity contribution in [3.63, 3.8) is 0 Å². The van der Waals surface area contributed by atoms with E-state index in [1.165, 1.54) is 32.4 Å². The number of likely N-dealkylation sites (tertiary alicyclic amines) is 1. The number of nitrogens with zero attached hydrogens (tertiary/aromatic N) is 2. The second-order valence-corrected chi connectivity index (χ2v) is 6.41. The summed E-state index contributed by atoms with van der Waals surface area (Å²) in [5.41, 5.74) is 6.51. The molecule has 3 rings (SSSR count). The molecule has 0 spiro atoms. The van der Waals surface area contributed by atoms with Crippen molar-refractivity contribution < 1.29 is 4.74 Å². The number of nitrogen functional groups attached to an aromatic ring is 1. The third-order valence-electron chi connectivity index (χ3n) is 4.98. The van der Waals surface area contributed by atoms with Crippen molar-refractivity contribution in [2.45, 2.75) is 37.8 Å². The van der Waals surface area contributed by atoms with Crippen molar-refractivity contribution in [1.29, 1.82) is 0 Å². The lowest BCUT2D eigenvalue weighted by atomic mass is 10.1. The highest BCUT2D eigenvalue weighted by Gasteiger charge is 2.34. The Morgan fingerprint density at radius 1 is 1.24 bits per heavy atom. The molecule has 21 heavy (non-hydrogen) atoms. The van der Waals surface area contributed by atoms with E-state index in [2.05, 4.69) is 16.8 Å². The van der Waals surface area contributed by atoms with Crippen LogP contribution in [0.25, 0.3) is 0 Å². The average Bonchev–Trinajstić information content (AvgIpc) is 2.71. The zero-order chi connectivity index (χ0) is 14.7. The Morgan fingerprint density at radius 3 is 2.95 bits per heavy atom. The number of anilines is 1. The first kappa shape index (κ1) is 14.7. The average molecular weight is 289 g/mol. The molecule has 0 radical (unpaired) electrons.